The van der Waals surface area contributed by atoms with E-state index >= 15 is 0 Å². The zero-order valence-electron chi connectivity index (χ0n) is 17.0. The van der Waals surface area contributed by atoms with Gasteiger partial charge in [-0.05, 0) is 43.3 Å². The average molecular weight is 455 g/mol. The molecule has 2 aromatic carbocycles. The first kappa shape index (κ1) is 21.3. The number of guanidine groups is 1. The van der Waals surface area contributed by atoms with Crippen LogP contribution in [0.1, 0.15) is 28.7 Å². The van der Waals surface area contributed by atoms with Crippen molar-refractivity contribution in [2.45, 2.75) is 12.5 Å². The number of aromatic nitrogens is 2. The summed E-state index contributed by atoms with van der Waals surface area (Å²) in [5.41, 5.74) is 5.88. The number of amides is 1. The summed E-state index contributed by atoms with van der Waals surface area (Å²) in [5.74, 6) is -2.03. The molecule has 0 radical (unpaired) electrons. The number of halogens is 1. The van der Waals surface area contributed by atoms with E-state index in [1.807, 2.05) is 6.07 Å². The lowest BCUT2D eigenvalue weighted by Crippen LogP contribution is -2.50. The predicted octanol–water partition coefficient (Wildman–Crippen LogP) is 1.63. The number of carbonyl (C=O) groups is 1. The van der Waals surface area contributed by atoms with E-state index in [2.05, 4.69) is 20.3 Å². The molecular formula is C20H18FN7O3S. The molecule has 4 rings (SSSR count). The molecule has 10 nitrogen and oxygen atoms in total. The van der Waals surface area contributed by atoms with Gasteiger partial charge in [-0.1, -0.05) is 0 Å². The minimum atomic E-state index is -3.80. The molecule has 0 saturated carbocycles. The quantitative estimate of drug-likeness (QED) is 0.545. The smallest absolute Gasteiger partial charge is 0.291 e. The van der Waals surface area contributed by atoms with Crippen LogP contribution in [0.25, 0.3) is 11.0 Å². The number of aromatic amines is 1. The molecule has 0 spiro atoms. The number of H-pyrrole nitrogens is 1. The maximum absolute atomic E-state index is 14.7. The van der Waals surface area contributed by atoms with Crippen LogP contribution in [0.5, 0.6) is 0 Å². The molecule has 1 aliphatic rings. The number of sulfonamides is 1. The molecule has 32 heavy (non-hydrogen) atoms. The molecule has 1 unspecified atom stereocenters. The third kappa shape index (κ3) is 3.63. The number of imidazole rings is 1. The van der Waals surface area contributed by atoms with E-state index in [9.17, 15) is 17.6 Å². The molecule has 1 amide bonds. The molecule has 0 fully saturated rings. The zero-order chi connectivity index (χ0) is 23.3. The number of hydrogen-bond donors (Lipinski definition) is 3. The van der Waals surface area contributed by atoms with Crippen molar-refractivity contribution < 1.29 is 17.6 Å². The molecule has 2 heterocycles. The topological polar surface area (TPSA) is 157 Å². The van der Waals surface area contributed by atoms with Gasteiger partial charge in [0.25, 0.3) is 5.91 Å². The second-order valence-electron chi connectivity index (χ2n) is 7.55. The molecule has 12 heteroatoms. The Balaban J connectivity index is 1.66. The number of rotatable bonds is 3. The summed E-state index contributed by atoms with van der Waals surface area (Å²) in [7, 11) is -2.53. The van der Waals surface area contributed by atoms with Crippen LogP contribution in [0.3, 0.4) is 0 Å². The van der Waals surface area contributed by atoms with Gasteiger partial charge < -0.3 is 16.0 Å². The van der Waals surface area contributed by atoms with Gasteiger partial charge in [0.05, 0.1) is 28.4 Å². The van der Waals surface area contributed by atoms with Crippen LogP contribution in [0.15, 0.2) is 41.4 Å². The molecule has 1 aliphatic heterocycles. The zero-order valence-corrected chi connectivity index (χ0v) is 17.9. The first-order chi connectivity index (χ1) is 15.0. The second-order valence-corrected chi connectivity index (χ2v) is 9.55. The Morgan fingerprint density at radius 1 is 1.34 bits per heavy atom. The Morgan fingerprint density at radius 2 is 2.09 bits per heavy atom. The molecule has 1 atom stereocenters. The predicted molar refractivity (Wildman–Crippen MR) is 116 cm³/mol. The van der Waals surface area contributed by atoms with Crippen LogP contribution in [-0.2, 0) is 15.6 Å². The second kappa shape index (κ2) is 7.31. The number of nitrogens with two attached hydrogens (primary N) is 1. The van der Waals surface area contributed by atoms with Gasteiger partial charge >= 0.3 is 0 Å². The van der Waals surface area contributed by atoms with E-state index in [4.69, 9.17) is 11.0 Å². The van der Waals surface area contributed by atoms with Crippen LogP contribution in [0.2, 0.25) is 0 Å². The Morgan fingerprint density at radius 3 is 2.78 bits per heavy atom. The highest BCUT2D eigenvalue weighted by molar-refractivity contribution is 7.89. The highest BCUT2D eigenvalue weighted by Crippen LogP contribution is 2.34. The standard InChI is InChI=1S/C20H18FN7O3S/c1-20(10-32(30,31)28(2)19(23)27-20)13-8-12(4-5-14(13)21)24-18(29)17-25-15-6-3-11(9-22)7-16(15)26-17/h3-8H,10H2,1-2H3,(H2,23,27)(H,24,29)(H,25,26). The van der Waals surface area contributed by atoms with Crippen molar-refractivity contribution >= 4 is 38.6 Å². The fourth-order valence-electron chi connectivity index (χ4n) is 3.48. The van der Waals surface area contributed by atoms with E-state index in [0.29, 0.717) is 16.6 Å². The molecule has 164 valence electrons. The Bertz CT molecular complexity index is 1440. The maximum Gasteiger partial charge on any atom is 0.291 e. The van der Waals surface area contributed by atoms with Crippen LogP contribution in [-0.4, -0.2) is 47.4 Å². The number of nitrogens with zero attached hydrogens (tertiary/aromatic N) is 4. The fourth-order valence-corrected chi connectivity index (χ4v) is 4.93. The van der Waals surface area contributed by atoms with Gasteiger partial charge in [0.2, 0.25) is 16.0 Å². The number of benzene rings is 2. The first-order valence-corrected chi connectivity index (χ1v) is 11.0. The minimum absolute atomic E-state index is 0.00342. The summed E-state index contributed by atoms with van der Waals surface area (Å²) in [6.45, 7) is 1.46. The van der Waals surface area contributed by atoms with Gasteiger partial charge in [0, 0.05) is 18.3 Å². The average Bonchev–Trinajstić information content (AvgIpc) is 3.16. The number of carbonyl (C=O) groups excluding carboxylic acids is 1. The number of fused-ring (bicyclic) bond motifs is 1. The number of hydrogen-bond acceptors (Lipinski definition) is 7. The number of nitriles is 1. The Kier molecular flexibility index (Phi) is 4.86. The molecular weight excluding hydrogens is 437 g/mol. The van der Waals surface area contributed by atoms with Gasteiger partial charge in [-0.15, -0.1) is 0 Å². The lowest BCUT2D eigenvalue weighted by Gasteiger charge is -2.34. The highest BCUT2D eigenvalue weighted by atomic mass is 32.2. The Labute approximate surface area is 182 Å². The van der Waals surface area contributed by atoms with Crippen LogP contribution in [0.4, 0.5) is 10.1 Å². The molecule has 3 aromatic rings. The number of aliphatic imine (C=N–C) groups is 1. The van der Waals surface area contributed by atoms with Gasteiger partial charge in [-0.25, -0.2) is 27.1 Å². The number of anilines is 1. The van der Waals surface area contributed by atoms with Crippen LogP contribution in [0, 0.1) is 17.1 Å². The molecule has 0 aliphatic carbocycles. The van der Waals surface area contributed by atoms with E-state index in [-0.39, 0.29) is 23.0 Å². The largest absolute Gasteiger partial charge is 0.369 e. The van der Waals surface area contributed by atoms with Gasteiger partial charge in [0.15, 0.2) is 5.82 Å². The van der Waals surface area contributed by atoms with Crippen LogP contribution < -0.4 is 11.1 Å². The van der Waals surface area contributed by atoms with Gasteiger partial charge in [-0.2, -0.15) is 5.26 Å². The third-order valence-corrected chi connectivity index (χ3v) is 7.14. The van der Waals surface area contributed by atoms with Crippen molar-refractivity contribution in [3.8, 4) is 6.07 Å². The molecule has 1 aromatic heterocycles. The third-order valence-electron chi connectivity index (χ3n) is 5.20. The van der Waals surface area contributed by atoms with Crippen molar-refractivity contribution in [2.75, 3.05) is 18.1 Å². The van der Waals surface area contributed by atoms with Crippen molar-refractivity contribution in [2.24, 2.45) is 10.7 Å². The maximum atomic E-state index is 14.7. The monoisotopic (exact) mass is 455 g/mol. The summed E-state index contributed by atoms with van der Waals surface area (Å²) < 4.78 is 40.3. The van der Waals surface area contributed by atoms with Crippen molar-refractivity contribution in [3.63, 3.8) is 0 Å². The lowest BCUT2D eigenvalue weighted by atomic mass is 9.93. The molecule has 4 N–H and O–H groups in total. The van der Waals surface area contributed by atoms with Gasteiger partial charge in [-0.3, -0.25) is 4.79 Å². The van der Waals surface area contributed by atoms with Crippen LogP contribution >= 0.6 is 0 Å². The van der Waals surface area contributed by atoms with Crippen molar-refractivity contribution in [1.29, 1.82) is 5.26 Å². The van der Waals surface area contributed by atoms with Crippen molar-refractivity contribution in [3.05, 3.63) is 59.2 Å². The first-order valence-electron chi connectivity index (χ1n) is 9.35. The molecule has 0 saturated heterocycles. The number of nitrogens with one attached hydrogen (secondary N) is 2. The summed E-state index contributed by atoms with van der Waals surface area (Å²) >= 11 is 0. The van der Waals surface area contributed by atoms with E-state index < -0.39 is 33.0 Å². The molecule has 0 bridgehead atoms. The van der Waals surface area contributed by atoms with E-state index in [1.165, 1.54) is 26.1 Å². The summed E-state index contributed by atoms with van der Waals surface area (Å²) in [5, 5.41) is 11.6. The highest BCUT2D eigenvalue weighted by Gasteiger charge is 2.41. The SMILES string of the molecule is CN1C(N)=NC(C)(c2cc(NC(=O)c3nc4ccc(C#N)cc4[nH]3)ccc2F)CS1(=O)=O. The van der Waals surface area contributed by atoms with E-state index in [0.717, 1.165) is 10.4 Å². The Hall–Kier alpha value is -3.98. The summed E-state index contributed by atoms with van der Waals surface area (Å²) in [6.07, 6.45) is 0. The fraction of sp³-hybridized carbons (Fsp3) is 0.200. The summed E-state index contributed by atoms with van der Waals surface area (Å²) in [6, 6.07) is 10.5. The lowest BCUT2D eigenvalue weighted by molar-refractivity contribution is 0.101. The summed E-state index contributed by atoms with van der Waals surface area (Å²) in [4.78, 5) is 23.9. The normalized spacial score (nSPS) is 19.9. The van der Waals surface area contributed by atoms with Gasteiger partial charge in [0.1, 0.15) is 11.4 Å². The minimum Gasteiger partial charge on any atom is -0.369 e. The van der Waals surface area contributed by atoms with Crippen molar-refractivity contribution in [1.82, 2.24) is 14.3 Å². The van der Waals surface area contributed by atoms with E-state index in [1.54, 1.807) is 18.2 Å².